The summed E-state index contributed by atoms with van der Waals surface area (Å²) in [6, 6.07) is -3.17. The van der Waals surface area contributed by atoms with Crippen molar-refractivity contribution in [2.45, 2.75) is 84.0 Å². The molecule has 2 saturated heterocycles. The van der Waals surface area contributed by atoms with E-state index >= 15 is 0 Å². The Kier molecular flexibility index (Phi) is 10.2. The molecule has 0 aromatic rings. The number of rotatable bonds is 10. The summed E-state index contributed by atoms with van der Waals surface area (Å²) < 4.78 is 0. The zero-order valence-electron chi connectivity index (χ0n) is 21.8. The molecule has 0 saturated carbocycles. The molecule has 2 rings (SSSR count). The van der Waals surface area contributed by atoms with Crippen LogP contribution in [0.5, 0.6) is 0 Å². The zero-order valence-corrected chi connectivity index (χ0v) is 21.8. The molecular weight excluding hydrogens is 470 g/mol. The number of amides is 5. The SMILES string of the molecule is CC(=O)N1CCC[C@H]1C(=O)N(C)[C@@H](C)C(=O)N1CCC[C@H]1C(=O)N[C@@H](CC(C)C)C(=O)NCC(=O)O. The summed E-state index contributed by atoms with van der Waals surface area (Å²) >= 11 is 0. The van der Waals surface area contributed by atoms with E-state index in [9.17, 15) is 28.8 Å². The smallest absolute Gasteiger partial charge is 0.322 e. The first-order valence-corrected chi connectivity index (χ1v) is 12.5. The highest BCUT2D eigenvalue weighted by Crippen LogP contribution is 2.23. The van der Waals surface area contributed by atoms with Gasteiger partial charge in [-0.2, -0.15) is 0 Å². The molecule has 2 aliphatic heterocycles. The van der Waals surface area contributed by atoms with Gasteiger partial charge in [-0.25, -0.2) is 0 Å². The molecule has 202 valence electrons. The molecule has 4 atom stereocenters. The van der Waals surface area contributed by atoms with Crippen LogP contribution in [0.1, 0.15) is 59.8 Å². The van der Waals surface area contributed by atoms with Crippen LogP contribution in [0.15, 0.2) is 0 Å². The van der Waals surface area contributed by atoms with Gasteiger partial charge in [-0.1, -0.05) is 13.8 Å². The summed E-state index contributed by atoms with van der Waals surface area (Å²) in [5, 5.41) is 13.8. The molecule has 0 bridgehead atoms. The van der Waals surface area contributed by atoms with Gasteiger partial charge < -0.3 is 30.4 Å². The van der Waals surface area contributed by atoms with Gasteiger partial charge in [-0.05, 0) is 44.9 Å². The lowest BCUT2D eigenvalue weighted by atomic mass is 10.0. The van der Waals surface area contributed by atoms with Gasteiger partial charge in [0.15, 0.2) is 0 Å². The highest BCUT2D eigenvalue weighted by atomic mass is 16.4. The summed E-state index contributed by atoms with van der Waals surface area (Å²) in [6.07, 6.45) is 2.57. The molecule has 0 aromatic heterocycles. The lowest BCUT2D eigenvalue weighted by molar-refractivity contribution is -0.150. The van der Waals surface area contributed by atoms with Gasteiger partial charge >= 0.3 is 5.97 Å². The van der Waals surface area contributed by atoms with Gasteiger partial charge in [0, 0.05) is 27.1 Å². The Morgan fingerprint density at radius 3 is 2.11 bits per heavy atom. The van der Waals surface area contributed by atoms with E-state index in [2.05, 4.69) is 10.6 Å². The molecule has 0 radical (unpaired) electrons. The summed E-state index contributed by atoms with van der Waals surface area (Å²) in [5.41, 5.74) is 0. The first kappa shape index (κ1) is 29.1. The molecule has 12 heteroatoms. The van der Waals surface area contributed by atoms with E-state index in [1.807, 2.05) is 13.8 Å². The third kappa shape index (κ3) is 7.17. The van der Waals surface area contributed by atoms with Crippen molar-refractivity contribution >= 4 is 35.5 Å². The number of carboxylic acid groups (broad SMARTS) is 1. The average molecular weight is 510 g/mol. The van der Waals surface area contributed by atoms with E-state index in [-0.39, 0.29) is 23.6 Å². The van der Waals surface area contributed by atoms with Crippen LogP contribution in [0.2, 0.25) is 0 Å². The second-order valence-electron chi connectivity index (χ2n) is 9.99. The third-order valence-electron chi connectivity index (χ3n) is 6.82. The quantitative estimate of drug-likeness (QED) is 0.361. The number of nitrogens with zero attached hydrogens (tertiary/aromatic N) is 3. The molecule has 2 aliphatic rings. The van der Waals surface area contributed by atoms with Crippen molar-refractivity contribution in [3.8, 4) is 0 Å². The molecule has 0 aliphatic carbocycles. The third-order valence-corrected chi connectivity index (χ3v) is 6.82. The van der Waals surface area contributed by atoms with E-state index in [0.29, 0.717) is 38.8 Å². The minimum atomic E-state index is -1.19. The molecule has 2 heterocycles. The van der Waals surface area contributed by atoms with E-state index in [1.54, 1.807) is 6.92 Å². The number of nitrogens with one attached hydrogen (secondary N) is 2. The molecule has 5 amide bonds. The number of likely N-dealkylation sites (tertiary alicyclic amines) is 2. The van der Waals surface area contributed by atoms with Crippen molar-refractivity contribution in [3.05, 3.63) is 0 Å². The summed E-state index contributed by atoms with van der Waals surface area (Å²) in [5.74, 6) is -3.10. The van der Waals surface area contributed by atoms with Crippen molar-refractivity contribution < 1.29 is 33.9 Å². The highest BCUT2D eigenvalue weighted by molar-refractivity contribution is 5.96. The Morgan fingerprint density at radius 2 is 1.56 bits per heavy atom. The predicted molar refractivity (Wildman–Crippen MR) is 129 cm³/mol. The molecule has 0 aromatic carbocycles. The fourth-order valence-corrected chi connectivity index (χ4v) is 4.79. The minimum Gasteiger partial charge on any atom is -0.480 e. The van der Waals surface area contributed by atoms with Gasteiger partial charge in [0.2, 0.25) is 29.5 Å². The second kappa shape index (κ2) is 12.7. The van der Waals surface area contributed by atoms with E-state index in [4.69, 9.17) is 5.11 Å². The van der Waals surface area contributed by atoms with Gasteiger partial charge in [0.05, 0.1) is 0 Å². The van der Waals surface area contributed by atoms with Gasteiger partial charge in [-0.15, -0.1) is 0 Å². The van der Waals surface area contributed by atoms with Crippen LogP contribution < -0.4 is 10.6 Å². The monoisotopic (exact) mass is 509 g/mol. The van der Waals surface area contributed by atoms with Crippen LogP contribution in [0.4, 0.5) is 0 Å². The van der Waals surface area contributed by atoms with E-state index in [1.165, 1.54) is 28.7 Å². The number of aliphatic carboxylic acids is 1. The van der Waals surface area contributed by atoms with Gasteiger partial charge in [0.1, 0.15) is 30.7 Å². The van der Waals surface area contributed by atoms with Crippen molar-refractivity contribution in [2.75, 3.05) is 26.7 Å². The van der Waals surface area contributed by atoms with Crippen molar-refractivity contribution in [1.29, 1.82) is 0 Å². The fraction of sp³-hybridized carbons (Fsp3) is 0.750. The standard InChI is InChI=1S/C24H39N5O7/c1-14(2)12-17(21(33)25-13-20(31)32)26-22(34)18-8-6-11-29(18)23(35)15(3)27(5)24(36)19-9-7-10-28(19)16(4)30/h14-15,17-19H,6-13H2,1-5H3,(H,25,33)(H,26,34)(H,31,32)/t15-,17-,18-,19-/m0/s1. The Bertz CT molecular complexity index is 877. The zero-order chi connectivity index (χ0) is 27.2. The second-order valence-corrected chi connectivity index (χ2v) is 9.99. The average Bonchev–Trinajstić information content (AvgIpc) is 3.49. The van der Waals surface area contributed by atoms with Crippen LogP contribution >= 0.6 is 0 Å². The van der Waals surface area contributed by atoms with Crippen LogP contribution in [-0.4, -0.2) is 106 Å². The molecule has 0 unspecified atom stereocenters. The predicted octanol–water partition coefficient (Wildman–Crippen LogP) is -0.433. The number of hydrogen-bond donors (Lipinski definition) is 3. The molecule has 12 nitrogen and oxygen atoms in total. The lowest BCUT2D eigenvalue weighted by Gasteiger charge is -2.34. The van der Waals surface area contributed by atoms with Gasteiger partial charge in [0.25, 0.3) is 0 Å². The first-order chi connectivity index (χ1) is 16.8. The number of carboxylic acids is 1. The van der Waals surface area contributed by atoms with Crippen LogP contribution in [0.3, 0.4) is 0 Å². The van der Waals surface area contributed by atoms with Crippen LogP contribution in [-0.2, 0) is 28.8 Å². The first-order valence-electron chi connectivity index (χ1n) is 12.5. The summed E-state index contributed by atoms with van der Waals surface area (Å²) in [6.45, 7) is 7.06. The van der Waals surface area contributed by atoms with Crippen LogP contribution in [0, 0.1) is 5.92 Å². The maximum Gasteiger partial charge on any atom is 0.322 e. The number of carbonyl (C=O) groups excluding carboxylic acids is 5. The summed E-state index contributed by atoms with van der Waals surface area (Å²) in [7, 11) is 1.53. The molecular formula is C24H39N5O7. The summed E-state index contributed by atoms with van der Waals surface area (Å²) in [4.78, 5) is 79.0. The van der Waals surface area contributed by atoms with E-state index < -0.39 is 48.5 Å². The Morgan fingerprint density at radius 1 is 0.972 bits per heavy atom. The number of carbonyl (C=O) groups is 6. The maximum absolute atomic E-state index is 13.3. The molecule has 0 spiro atoms. The Balaban J connectivity index is 2.08. The molecule has 3 N–H and O–H groups in total. The maximum atomic E-state index is 13.3. The Labute approximate surface area is 211 Å². The number of likely N-dealkylation sites (N-methyl/N-ethyl adjacent to an activating group) is 1. The lowest BCUT2D eigenvalue weighted by Crippen LogP contribution is -2.57. The van der Waals surface area contributed by atoms with Crippen molar-refractivity contribution in [2.24, 2.45) is 5.92 Å². The van der Waals surface area contributed by atoms with Crippen molar-refractivity contribution in [1.82, 2.24) is 25.3 Å². The van der Waals surface area contributed by atoms with E-state index in [0.717, 1.165) is 6.42 Å². The minimum absolute atomic E-state index is 0.0528. The topological polar surface area (TPSA) is 156 Å². The molecule has 36 heavy (non-hydrogen) atoms. The fourth-order valence-electron chi connectivity index (χ4n) is 4.79. The largest absolute Gasteiger partial charge is 0.480 e. The molecule has 2 fully saturated rings. The van der Waals surface area contributed by atoms with Crippen LogP contribution in [0.25, 0.3) is 0 Å². The highest BCUT2D eigenvalue weighted by Gasteiger charge is 2.41. The number of hydrogen-bond acceptors (Lipinski definition) is 6. The Hall–Kier alpha value is -3.18. The van der Waals surface area contributed by atoms with Crippen molar-refractivity contribution in [3.63, 3.8) is 0 Å². The normalized spacial score (nSPS) is 21.2. The van der Waals surface area contributed by atoms with Gasteiger partial charge in [-0.3, -0.25) is 28.8 Å².